The molecule has 55 heavy (non-hydrogen) atoms. The lowest BCUT2D eigenvalue weighted by atomic mass is 14.0. The number of hydrogen-bond donors (Lipinski definition) is 2. The highest BCUT2D eigenvalue weighted by Gasteiger charge is 2.04. The van der Waals surface area contributed by atoms with Crippen LogP contribution in [0, 0.1) is 0 Å². The van der Waals surface area contributed by atoms with Gasteiger partial charge in [-0.25, -0.2) is 10.5 Å². The summed E-state index contributed by atoms with van der Waals surface area (Å²) in [5.41, 5.74) is 0. The zero-order chi connectivity index (χ0) is 39.5. The van der Waals surface area contributed by atoms with Crippen molar-refractivity contribution < 1.29 is 278 Å². The van der Waals surface area contributed by atoms with Crippen LogP contribution >= 0.6 is 0 Å². The van der Waals surface area contributed by atoms with Crippen LogP contribution in [0.2, 0.25) is 0 Å². The molecule has 0 saturated heterocycles. The van der Waals surface area contributed by atoms with Gasteiger partial charge in [-0.1, -0.05) is 0 Å². The second-order valence-corrected chi connectivity index (χ2v) is 3.62. The summed E-state index contributed by atoms with van der Waals surface area (Å²) in [7, 11) is 0. The van der Waals surface area contributed by atoms with Crippen LogP contribution in [0.3, 0.4) is 0 Å². The molecule has 0 aliphatic carbocycles. The van der Waals surface area contributed by atoms with E-state index in [1.807, 2.05) is 0 Å². The second kappa shape index (κ2) is 51.8. The van der Waals surface area contributed by atoms with Crippen LogP contribution in [0.15, 0.2) is 0 Å². The van der Waals surface area contributed by atoms with Crippen molar-refractivity contribution in [2.75, 3.05) is 0 Å². The summed E-state index contributed by atoms with van der Waals surface area (Å²) < 4.78 is 0. The van der Waals surface area contributed by atoms with E-state index in [0.717, 1.165) is 0 Å². The number of hydrogen-bond acceptors (Lipinski definition) is 55. The third-order valence-electron chi connectivity index (χ3n) is 1.45. The lowest BCUT2D eigenvalue weighted by Gasteiger charge is -2.00. The Morgan fingerprint density at radius 3 is 0.200 bits per heavy atom. The van der Waals surface area contributed by atoms with Crippen molar-refractivity contribution in [1.82, 2.24) is 0 Å². The largest absolute Gasteiger partial charge is 0.219 e. The Hall–Kier alpha value is -2.20. The van der Waals surface area contributed by atoms with E-state index in [2.05, 4.69) is 267 Å². The average Bonchev–Trinajstić information content (AvgIpc) is 3.20. The molecular weight excluding hydrogens is 880 g/mol. The van der Waals surface area contributed by atoms with Gasteiger partial charge in [0.25, 0.3) is 0 Å². The molecule has 0 unspecified atom stereocenters. The predicted octanol–water partition coefficient (Wildman–Crippen LogP) is -3.61. The first-order valence-electron chi connectivity index (χ1n) is 9.03. The molecule has 0 rings (SSSR count). The molecule has 0 aliphatic heterocycles. The Morgan fingerprint density at radius 1 is 0.0909 bits per heavy atom. The SMILES string of the molecule is OOOOOOOOOOOOOOOOOOOOOOOOOOOOOOOOOOOOOOOOOOOOOOOOOOOOOOO. The van der Waals surface area contributed by atoms with Crippen molar-refractivity contribution in [3.8, 4) is 0 Å². The lowest BCUT2D eigenvalue weighted by molar-refractivity contribution is -0.911. The molecule has 55 heteroatoms. The molecular formula is H2O55. The van der Waals surface area contributed by atoms with E-state index in [1.54, 1.807) is 0 Å². The van der Waals surface area contributed by atoms with Crippen molar-refractivity contribution in [2.24, 2.45) is 0 Å². The summed E-state index contributed by atoms with van der Waals surface area (Å²) in [6.07, 6.45) is 0. The van der Waals surface area contributed by atoms with Gasteiger partial charge in [0, 0.05) is 186 Å². The molecule has 0 atom stereocenters. The molecule has 332 valence electrons. The summed E-state index contributed by atoms with van der Waals surface area (Å²) >= 11 is 0. The summed E-state index contributed by atoms with van der Waals surface area (Å²) in [6, 6.07) is 0. The highest BCUT2D eigenvalue weighted by atomic mass is 18.0. The van der Waals surface area contributed by atoms with Crippen LogP contribution in [0.5, 0.6) is 0 Å². The van der Waals surface area contributed by atoms with Crippen molar-refractivity contribution >= 4 is 0 Å². The highest BCUT2D eigenvalue weighted by Crippen LogP contribution is 1.97. The van der Waals surface area contributed by atoms with E-state index >= 15 is 0 Å². The fourth-order valence-corrected chi connectivity index (χ4v) is 0.581. The fraction of sp³-hybridized carbons (Fsp3) is 0. The molecule has 0 aromatic carbocycles. The summed E-state index contributed by atoms with van der Waals surface area (Å²) in [6.45, 7) is 0. The van der Waals surface area contributed by atoms with Gasteiger partial charge >= 0.3 is 0 Å². The minimum atomic E-state index is 2.87. The molecule has 55 nitrogen and oxygen atoms in total. The van der Waals surface area contributed by atoms with Crippen LogP contribution in [-0.2, 0) is 267 Å². The first-order chi connectivity index (χ1) is 27.4. The van der Waals surface area contributed by atoms with E-state index in [4.69, 9.17) is 10.5 Å². The minimum absolute atomic E-state index is 2.87. The van der Waals surface area contributed by atoms with Gasteiger partial charge in [-0.2, -0.15) is 0 Å². The maximum absolute atomic E-state index is 7.57. The Kier molecular flexibility index (Phi) is 49.7. The molecule has 2 N–H and O–H groups in total. The Morgan fingerprint density at radius 2 is 0.145 bits per heavy atom. The minimum Gasteiger partial charge on any atom is -0.219 e. The van der Waals surface area contributed by atoms with Gasteiger partial charge in [-0.15, -0.1) is 0 Å². The number of rotatable bonds is 52. The molecule has 0 fully saturated rings. The van der Waals surface area contributed by atoms with Gasteiger partial charge in [0.1, 0.15) is 0 Å². The third-order valence-corrected chi connectivity index (χ3v) is 1.45. The molecule has 0 aromatic heterocycles. The van der Waals surface area contributed by atoms with Crippen molar-refractivity contribution in [2.45, 2.75) is 0 Å². The smallest absolute Gasteiger partial charge is 0 e. The maximum atomic E-state index is 7.57. The molecule has 0 heterocycles. The topological polar surface area (TPSA) is 530 Å². The van der Waals surface area contributed by atoms with Gasteiger partial charge in [0.2, 0.25) is 0 Å². The Bertz CT molecular complexity index is 555. The summed E-state index contributed by atoms with van der Waals surface area (Å²) in [4.78, 5) is 0. The molecule has 0 aromatic rings. The van der Waals surface area contributed by atoms with E-state index < -0.39 is 0 Å². The quantitative estimate of drug-likeness (QED) is 0.0338. The van der Waals surface area contributed by atoms with Gasteiger partial charge < -0.3 is 0 Å². The molecule has 0 spiro atoms. The van der Waals surface area contributed by atoms with Crippen LogP contribution in [0.1, 0.15) is 0 Å². The summed E-state index contributed by atoms with van der Waals surface area (Å²) in [5.74, 6) is 0. The maximum Gasteiger partial charge on any atom is 0 e. The van der Waals surface area contributed by atoms with Crippen molar-refractivity contribution in [3.63, 3.8) is 0 Å². The predicted molar refractivity (Wildman–Crippen MR) is 62.8 cm³/mol. The fourth-order valence-electron chi connectivity index (χ4n) is 0.581. The average molecular weight is 882 g/mol. The van der Waals surface area contributed by atoms with Crippen LogP contribution in [0.4, 0.5) is 0 Å². The van der Waals surface area contributed by atoms with Gasteiger partial charge in [0.05, 0.1) is 0 Å². The zero-order valence-corrected chi connectivity index (χ0v) is 22.5. The highest BCUT2D eigenvalue weighted by molar-refractivity contribution is 3.13. The third kappa shape index (κ3) is 51.8. The molecule has 0 aliphatic rings. The standard InChI is InChI=1S/H2O55/c1-3-5-7-9-11-13-15-17-19-21-23-25-27-29-31-33-35-37-39-41-43-45-47-49-51-53-55-54-52-50-48-46-44-42-40-38-36-34-32-30-28-26-24-22-20-18-16-14-12-10-8-6-4-2/h1-2H. The molecule has 0 saturated carbocycles. The second-order valence-electron chi connectivity index (χ2n) is 3.62. The summed E-state index contributed by atoms with van der Waals surface area (Å²) in [5, 5.41) is 198. The van der Waals surface area contributed by atoms with Crippen LogP contribution in [-0.4, -0.2) is 10.5 Å². The Balaban J connectivity index is 3.05. The van der Waals surface area contributed by atoms with Gasteiger partial charge in [-0.05, 0) is 80.6 Å². The lowest BCUT2D eigenvalue weighted by Crippen LogP contribution is -2.06. The molecule has 0 bridgehead atoms. The normalized spacial score (nSPS) is 11.7. The van der Waals surface area contributed by atoms with Gasteiger partial charge in [0.15, 0.2) is 0 Å². The van der Waals surface area contributed by atoms with Crippen LogP contribution in [0.25, 0.3) is 0 Å². The van der Waals surface area contributed by atoms with Crippen molar-refractivity contribution in [1.29, 1.82) is 0 Å². The van der Waals surface area contributed by atoms with E-state index in [-0.39, 0.29) is 0 Å². The van der Waals surface area contributed by atoms with Crippen LogP contribution < -0.4 is 0 Å². The van der Waals surface area contributed by atoms with Crippen molar-refractivity contribution in [3.05, 3.63) is 0 Å². The first kappa shape index (κ1) is 52.8. The van der Waals surface area contributed by atoms with E-state index in [0.29, 0.717) is 0 Å². The zero-order valence-electron chi connectivity index (χ0n) is 22.5. The van der Waals surface area contributed by atoms with Gasteiger partial charge in [-0.3, -0.25) is 0 Å². The van der Waals surface area contributed by atoms with E-state index in [1.165, 1.54) is 0 Å². The molecule has 0 radical (unpaired) electrons. The first-order valence-corrected chi connectivity index (χ1v) is 9.03. The monoisotopic (exact) mass is 882 g/mol. The Labute approximate surface area is 279 Å². The molecule has 0 amide bonds. The van der Waals surface area contributed by atoms with E-state index in [9.17, 15) is 0 Å².